The first-order valence-corrected chi connectivity index (χ1v) is 7.09. The zero-order chi connectivity index (χ0) is 14.9. The molecular formula is C15H14FN5O. The highest BCUT2D eigenvalue weighted by atomic mass is 19.1. The molecule has 4 rings (SSSR count). The van der Waals surface area contributed by atoms with Crippen molar-refractivity contribution in [2.24, 2.45) is 0 Å². The van der Waals surface area contributed by atoms with Crippen LogP contribution >= 0.6 is 0 Å². The van der Waals surface area contributed by atoms with Crippen molar-refractivity contribution in [1.29, 1.82) is 0 Å². The molecule has 0 amide bonds. The smallest absolute Gasteiger partial charge is 0.179 e. The lowest BCUT2D eigenvalue weighted by molar-refractivity contribution is 0.0397. The summed E-state index contributed by atoms with van der Waals surface area (Å²) in [6.07, 6.45) is 1.83. The van der Waals surface area contributed by atoms with E-state index in [1.165, 1.54) is 12.1 Å². The number of aromatic nitrogens is 4. The first kappa shape index (κ1) is 13.1. The number of nitrogens with zero attached hydrogens (tertiary/aromatic N) is 5. The number of tetrazole rings is 1. The van der Waals surface area contributed by atoms with Crippen LogP contribution in [0.15, 0.2) is 42.6 Å². The molecule has 1 saturated heterocycles. The van der Waals surface area contributed by atoms with Crippen LogP contribution in [0.25, 0.3) is 5.65 Å². The molecule has 3 heterocycles. The van der Waals surface area contributed by atoms with Gasteiger partial charge in [-0.1, -0.05) is 12.1 Å². The van der Waals surface area contributed by atoms with E-state index in [9.17, 15) is 4.39 Å². The second-order valence-corrected chi connectivity index (χ2v) is 5.23. The van der Waals surface area contributed by atoms with Gasteiger partial charge in [-0.15, -0.1) is 5.10 Å². The Balaban J connectivity index is 1.58. The van der Waals surface area contributed by atoms with Gasteiger partial charge in [0.2, 0.25) is 0 Å². The molecule has 0 N–H and O–H groups in total. The van der Waals surface area contributed by atoms with Gasteiger partial charge in [-0.05, 0) is 40.3 Å². The molecular weight excluding hydrogens is 285 g/mol. The van der Waals surface area contributed by atoms with Crippen LogP contribution in [0.1, 0.15) is 11.7 Å². The van der Waals surface area contributed by atoms with E-state index in [0.717, 1.165) is 17.8 Å². The van der Waals surface area contributed by atoms with Gasteiger partial charge < -0.3 is 9.64 Å². The first-order valence-electron chi connectivity index (χ1n) is 7.09. The summed E-state index contributed by atoms with van der Waals surface area (Å²) in [5, 5.41) is 11.5. The second kappa shape index (κ2) is 5.34. The zero-order valence-electron chi connectivity index (χ0n) is 11.8. The number of ether oxygens (including phenoxy) is 1. The minimum absolute atomic E-state index is 0.0704. The molecule has 0 aliphatic carbocycles. The third kappa shape index (κ3) is 2.39. The standard InChI is InChI=1S/C15H14FN5O/c16-12-3-1-11(2-4-12)14-10-20(7-8-22-14)13-5-6-15-17-18-19-21(15)9-13/h1-6,9,14H,7-8,10H2/t14-/m1/s1. The van der Waals surface area contributed by atoms with Crippen molar-refractivity contribution >= 4 is 11.3 Å². The molecule has 1 aliphatic heterocycles. The van der Waals surface area contributed by atoms with E-state index in [2.05, 4.69) is 20.4 Å². The fraction of sp³-hybridized carbons (Fsp3) is 0.267. The number of morpholine rings is 1. The molecule has 0 radical (unpaired) electrons. The van der Waals surface area contributed by atoms with Crippen LogP contribution in [-0.4, -0.2) is 39.7 Å². The molecule has 0 bridgehead atoms. The van der Waals surface area contributed by atoms with Crippen LogP contribution in [0.4, 0.5) is 10.1 Å². The number of pyridine rings is 1. The Labute approximate surface area is 126 Å². The van der Waals surface area contributed by atoms with Crippen molar-refractivity contribution in [2.75, 3.05) is 24.6 Å². The van der Waals surface area contributed by atoms with Gasteiger partial charge in [0.25, 0.3) is 0 Å². The van der Waals surface area contributed by atoms with Crippen LogP contribution in [-0.2, 0) is 4.74 Å². The van der Waals surface area contributed by atoms with Gasteiger partial charge in [0.15, 0.2) is 5.65 Å². The maximum absolute atomic E-state index is 13.0. The largest absolute Gasteiger partial charge is 0.370 e. The minimum Gasteiger partial charge on any atom is -0.370 e. The van der Waals surface area contributed by atoms with E-state index in [1.54, 1.807) is 16.6 Å². The van der Waals surface area contributed by atoms with E-state index >= 15 is 0 Å². The summed E-state index contributed by atoms with van der Waals surface area (Å²) in [4.78, 5) is 2.22. The lowest BCUT2D eigenvalue weighted by Crippen LogP contribution is -2.38. The Bertz CT molecular complexity index is 788. The molecule has 1 aliphatic rings. The summed E-state index contributed by atoms with van der Waals surface area (Å²) in [7, 11) is 0. The minimum atomic E-state index is -0.236. The van der Waals surface area contributed by atoms with Crippen molar-refractivity contribution in [3.8, 4) is 0 Å². The van der Waals surface area contributed by atoms with Gasteiger partial charge in [0.05, 0.1) is 18.5 Å². The van der Waals surface area contributed by atoms with Crippen LogP contribution in [0, 0.1) is 5.82 Å². The van der Waals surface area contributed by atoms with Crippen LogP contribution in [0.5, 0.6) is 0 Å². The Kier molecular flexibility index (Phi) is 3.19. The highest BCUT2D eigenvalue weighted by Crippen LogP contribution is 2.26. The number of fused-ring (bicyclic) bond motifs is 1. The van der Waals surface area contributed by atoms with E-state index in [0.29, 0.717) is 18.8 Å². The number of benzene rings is 1. The molecule has 22 heavy (non-hydrogen) atoms. The van der Waals surface area contributed by atoms with Crippen molar-refractivity contribution in [1.82, 2.24) is 20.0 Å². The molecule has 1 fully saturated rings. The maximum atomic E-state index is 13.0. The summed E-state index contributed by atoms with van der Waals surface area (Å²) >= 11 is 0. The maximum Gasteiger partial charge on any atom is 0.179 e. The molecule has 7 heteroatoms. The molecule has 6 nitrogen and oxygen atoms in total. The van der Waals surface area contributed by atoms with Gasteiger partial charge in [0.1, 0.15) is 11.9 Å². The summed E-state index contributed by atoms with van der Waals surface area (Å²) in [5.74, 6) is -0.236. The Morgan fingerprint density at radius 2 is 2.00 bits per heavy atom. The van der Waals surface area contributed by atoms with Crippen LogP contribution in [0.2, 0.25) is 0 Å². The Morgan fingerprint density at radius 1 is 1.14 bits per heavy atom. The molecule has 3 aromatic rings. The normalized spacial score (nSPS) is 18.8. The number of anilines is 1. The topological polar surface area (TPSA) is 55.6 Å². The SMILES string of the molecule is Fc1ccc([C@H]2CN(c3ccc4nnnn4c3)CCO2)cc1. The van der Waals surface area contributed by atoms with Gasteiger partial charge in [-0.3, -0.25) is 0 Å². The van der Waals surface area contributed by atoms with Crippen LogP contribution < -0.4 is 4.90 Å². The van der Waals surface area contributed by atoms with Crippen molar-refractivity contribution in [2.45, 2.75) is 6.10 Å². The van der Waals surface area contributed by atoms with Gasteiger partial charge in [-0.25, -0.2) is 4.39 Å². The van der Waals surface area contributed by atoms with Crippen molar-refractivity contribution in [3.63, 3.8) is 0 Å². The Hall–Kier alpha value is -2.54. The average Bonchev–Trinajstić information content (AvgIpc) is 3.03. The highest BCUT2D eigenvalue weighted by Gasteiger charge is 2.22. The fourth-order valence-corrected chi connectivity index (χ4v) is 2.68. The number of halogens is 1. The quantitative estimate of drug-likeness (QED) is 0.723. The summed E-state index contributed by atoms with van der Waals surface area (Å²) in [6.45, 7) is 2.13. The summed E-state index contributed by atoms with van der Waals surface area (Å²) in [5.41, 5.74) is 2.73. The molecule has 0 unspecified atom stereocenters. The molecule has 112 valence electrons. The number of rotatable bonds is 2. The molecule has 0 saturated carbocycles. The van der Waals surface area contributed by atoms with E-state index in [4.69, 9.17) is 4.74 Å². The van der Waals surface area contributed by atoms with Crippen molar-refractivity contribution < 1.29 is 9.13 Å². The molecule has 0 spiro atoms. The lowest BCUT2D eigenvalue weighted by atomic mass is 10.1. The third-order valence-corrected chi connectivity index (χ3v) is 3.85. The number of hydrogen-bond donors (Lipinski definition) is 0. The predicted molar refractivity (Wildman–Crippen MR) is 78.1 cm³/mol. The highest BCUT2D eigenvalue weighted by molar-refractivity contribution is 5.51. The average molecular weight is 299 g/mol. The monoisotopic (exact) mass is 299 g/mol. The summed E-state index contributed by atoms with van der Waals surface area (Å²) in [6, 6.07) is 10.4. The first-order chi connectivity index (χ1) is 10.8. The van der Waals surface area contributed by atoms with E-state index < -0.39 is 0 Å². The van der Waals surface area contributed by atoms with E-state index in [1.807, 2.05) is 18.3 Å². The van der Waals surface area contributed by atoms with E-state index in [-0.39, 0.29) is 11.9 Å². The zero-order valence-corrected chi connectivity index (χ0v) is 11.8. The van der Waals surface area contributed by atoms with Gasteiger partial charge in [0, 0.05) is 13.1 Å². The number of hydrogen-bond acceptors (Lipinski definition) is 5. The van der Waals surface area contributed by atoms with Gasteiger partial charge >= 0.3 is 0 Å². The summed E-state index contributed by atoms with van der Waals surface area (Å²) < 4.78 is 20.5. The predicted octanol–water partition coefficient (Wildman–Crippen LogP) is 1.84. The van der Waals surface area contributed by atoms with Crippen molar-refractivity contribution in [3.05, 3.63) is 54.0 Å². The fourth-order valence-electron chi connectivity index (χ4n) is 2.68. The molecule has 1 atom stereocenters. The Morgan fingerprint density at radius 3 is 2.86 bits per heavy atom. The molecule has 1 aromatic carbocycles. The molecule has 2 aromatic heterocycles. The van der Waals surface area contributed by atoms with Crippen LogP contribution in [0.3, 0.4) is 0 Å². The van der Waals surface area contributed by atoms with Gasteiger partial charge in [-0.2, -0.15) is 4.52 Å². The lowest BCUT2D eigenvalue weighted by Gasteiger charge is -2.34. The second-order valence-electron chi connectivity index (χ2n) is 5.23. The third-order valence-electron chi connectivity index (χ3n) is 3.85.